The van der Waals surface area contributed by atoms with Crippen LogP contribution in [0.15, 0.2) is 46.0 Å². The van der Waals surface area contributed by atoms with Crippen LogP contribution in [0.4, 0.5) is 0 Å². The van der Waals surface area contributed by atoms with Gasteiger partial charge in [0.1, 0.15) is 5.65 Å². The monoisotopic (exact) mass is 399 g/mol. The molecule has 3 heterocycles. The summed E-state index contributed by atoms with van der Waals surface area (Å²) in [5.41, 5.74) is 0.943. The molecule has 28 heavy (non-hydrogen) atoms. The molecule has 7 nitrogen and oxygen atoms in total. The molecule has 0 spiro atoms. The highest BCUT2D eigenvalue weighted by Gasteiger charge is 2.18. The van der Waals surface area contributed by atoms with Crippen LogP contribution in [0.2, 0.25) is 0 Å². The van der Waals surface area contributed by atoms with Crippen LogP contribution in [0.25, 0.3) is 33.3 Å². The number of pyridine rings is 2. The molecule has 1 aromatic heterocycles. The molecule has 0 aliphatic carbocycles. The van der Waals surface area contributed by atoms with Gasteiger partial charge in [0.2, 0.25) is 0 Å². The first-order valence-corrected chi connectivity index (χ1v) is 9.16. The van der Waals surface area contributed by atoms with Crippen molar-refractivity contribution in [3.8, 4) is 11.4 Å². The molecule has 2 aliphatic heterocycles. The van der Waals surface area contributed by atoms with Gasteiger partial charge in [-0.05, 0) is 31.3 Å². The van der Waals surface area contributed by atoms with Crippen molar-refractivity contribution in [3.05, 3.63) is 57.2 Å². The Bertz CT molecular complexity index is 1210. The number of nitrogens with zero attached hydrogens (tertiary/aromatic N) is 4. The maximum atomic E-state index is 12.4. The first-order valence-electron chi connectivity index (χ1n) is 9.16. The molecule has 0 amide bonds. The molecule has 4 rings (SSSR count). The summed E-state index contributed by atoms with van der Waals surface area (Å²) in [7, 11) is 0. The minimum atomic E-state index is -0.635. The fourth-order valence-corrected chi connectivity index (χ4v) is 3.48. The van der Waals surface area contributed by atoms with Gasteiger partial charge in [-0.1, -0.05) is 32.0 Å². The molecule has 0 fully saturated rings. The summed E-state index contributed by atoms with van der Waals surface area (Å²) in [5.74, 6) is 0.381. The molecule has 1 aromatic carbocycles. The van der Waals surface area contributed by atoms with E-state index >= 15 is 0 Å². The van der Waals surface area contributed by atoms with Crippen LogP contribution in [0.5, 0.6) is 0 Å². The van der Waals surface area contributed by atoms with Gasteiger partial charge in [-0.25, -0.2) is 9.78 Å². The van der Waals surface area contributed by atoms with E-state index in [2.05, 4.69) is 28.7 Å². The van der Waals surface area contributed by atoms with Crippen LogP contribution in [0.3, 0.4) is 0 Å². The number of hydrogen-bond donors (Lipinski definition) is 1. The van der Waals surface area contributed by atoms with Gasteiger partial charge in [-0.15, -0.1) is 12.4 Å². The van der Waals surface area contributed by atoms with Gasteiger partial charge >= 0.3 is 5.69 Å². The number of rotatable bonds is 5. The lowest BCUT2D eigenvalue weighted by Crippen LogP contribution is -2.31. The van der Waals surface area contributed by atoms with E-state index in [9.17, 15) is 9.59 Å². The lowest BCUT2D eigenvalue weighted by Gasteiger charge is -2.22. The summed E-state index contributed by atoms with van der Waals surface area (Å²) < 4.78 is 1.89. The number of aromatic nitrogens is 4. The van der Waals surface area contributed by atoms with E-state index in [-0.39, 0.29) is 12.4 Å². The number of halogens is 1. The molecule has 0 atom stereocenters. The summed E-state index contributed by atoms with van der Waals surface area (Å²) in [6.45, 7) is 7.45. The Balaban J connectivity index is 0.00000225. The van der Waals surface area contributed by atoms with Crippen molar-refractivity contribution in [2.24, 2.45) is 0 Å². The first kappa shape index (κ1) is 20.0. The second kappa shape index (κ2) is 8.08. The van der Waals surface area contributed by atoms with Crippen molar-refractivity contribution >= 4 is 34.3 Å². The minimum Gasteiger partial charge on any atom is -0.308 e. The highest BCUT2D eigenvalue weighted by atomic mass is 35.5. The van der Waals surface area contributed by atoms with Crippen LogP contribution in [0, 0.1) is 0 Å². The highest BCUT2D eigenvalue weighted by Crippen LogP contribution is 2.25. The topological polar surface area (TPSA) is 83.9 Å². The average Bonchev–Trinajstić information content (AvgIpc) is 2.67. The number of nitrogens with one attached hydrogen (secondary N) is 1. The Morgan fingerprint density at radius 3 is 2.54 bits per heavy atom. The molecule has 0 saturated carbocycles. The van der Waals surface area contributed by atoms with Gasteiger partial charge in [-0.3, -0.25) is 9.78 Å². The zero-order chi connectivity index (χ0) is 19.0. The van der Waals surface area contributed by atoms with Crippen molar-refractivity contribution in [1.29, 1.82) is 0 Å². The SMILES string of the molecule is CCN(CC)CCn1c2nc(=O)[nH]c(=O)c-2cc2cc3ccccc3nc21.Cl. The van der Waals surface area contributed by atoms with Crippen LogP contribution in [0.1, 0.15) is 13.8 Å². The smallest absolute Gasteiger partial charge is 0.308 e. The van der Waals surface area contributed by atoms with E-state index in [1.54, 1.807) is 6.07 Å². The van der Waals surface area contributed by atoms with E-state index in [1.165, 1.54) is 0 Å². The first-order chi connectivity index (χ1) is 13.1. The molecule has 0 bridgehead atoms. The van der Waals surface area contributed by atoms with E-state index in [4.69, 9.17) is 4.98 Å². The van der Waals surface area contributed by atoms with Crippen LogP contribution in [-0.2, 0) is 6.54 Å². The van der Waals surface area contributed by atoms with Gasteiger partial charge in [0.05, 0.1) is 11.1 Å². The third kappa shape index (κ3) is 3.50. The maximum absolute atomic E-state index is 12.4. The highest BCUT2D eigenvalue weighted by molar-refractivity contribution is 5.93. The Morgan fingerprint density at radius 1 is 1.04 bits per heavy atom. The minimum absolute atomic E-state index is 0. The van der Waals surface area contributed by atoms with Crippen molar-refractivity contribution in [2.75, 3.05) is 19.6 Å². The number of aromatic amines is 1. The van der Waals surface area contributed by atoms with Crippen LogP contribution in [-0.4, -0.2) is 44.1 Å². The zero-order valence-electron chi connectivity index (χ0n) is 15.8. The van der Waals surface area contributed by atoms with Crippen LogP contribution < -0.4 is 11.2 Å². The number of likely N-dealkylation sites (N-methyl/N-ethyl adjacent to an activating group) is 1. The predicted octanol–water partition coefficient (Wildman–Crippen LogP) is 2.50. The standard InChI is InChI=1S/C20H21N5O2.ClH/c1-3-24(4-2)9-10-25-17-14(11-13-7-5-6-8-16(13)21-17)12-15-18(25)22-20(27)23-19(15)26;/h5-8,11-12H,3-4,9-10H2,1-2H3,(H,23,26,27);1H. The van der Waals surface area contributed by atoms with Gasteiger partial charge < -0.3 is 9.47 Å². The third-order valence-corrected chi connectivity index (χ3v) is 4.99. The number of H-pyrrole nitrogens is 1. The molecule has 146 valence electrons. The Labute approximate surface area is 167 Å². The molecule has 1 N–H and O–H groups in total. The molecule has 2 aromatic rings. The number of benzene rings is 1. The number of hydrogen-bond acceptors (Lipinski definition) is 5. The quantitative estimate of drug-likeness (QED) is 0.521. The Kier molecular flexibility index (Phi) is 5.76. The number of fused-ring (bicyclic) bond motifs is 3. The lowest BCUT2D eigenvalue weighted by molar-refractivity contribution is 0.292. The molecule has 0 radical (unpaired) electrons. The van der Waals surface area contributed by atoms with E-state index in [0.717, 1.165) is 41.6 Å². The maximum Gasteiger partial charge on any atom is 0.349 e. The molecule has 8 heteroatoms. The molecule has 0 saturated heterocycles. The second-order valence-electron chi connectivity index (χ2n) is 6.53. The molecular formula is C20H22ClN5O2. The summed E-state index contributed by atoms with van der Waals surface area (Å²) in [5, 5.41) is 1.86. The normalized spacial score (nSPS) is 11.4. The van der Waals surface area contributed by atoms with Gasteiger partial charge in [0.25, 0.3) is 5.56 Å². The number of para-hydroxylation sites is 1. The van der Waals surface area contributed by atoms with Crippen molar-refractivity contribution in [2.45, 2.75) is 20.4 Å². The van der Waals surface area contributed by atoms with Crippen LogP contribution >= 0.6 is 12.4 Å². The summed E-state index contributed by atoms with van der Waals surface area (Å²) >= 11 is 0. The van der Waals surface area contributed by atoms with Crippen molar-refractivity contribution in [1.82, 2.24) is 24.4 Å². The zero-order valence-corrected chi connectivity index (χ0v) is 16.6. The summed E-state index contributed by atoms with van der Waals surface area (Å²) in [6, 6.07) is 11.6. The predicted molar refractivity (Wildman–Crippen MR) is 114 cm³/mol. The van der Waals surface area contributed by atoms with Crippen molar-refractivity contribution in [3.63, 3.8) is 0 Å². The molecule has 0 unspecified atom stereocenters. The van der Waals surface area contributed by atoms with E-state index in [1.807, 2.05) is 34.9 Å². The van der Waals surface area contributed by atoms with Gasteiger partial charge in [0, 0.05) is 23.9 Å². The Hall–Kier alpha value is -2.77. The Morgan fingerprint density at radius 2 is 1.79 bits per heavy atom. The van der Waals surface area contributed by atoms with Crippen molar-refractivity contribution < 1.29 is 0 Å². The largest absolute Gasteiger partial charge is 0.349 e. The summed E-state index contributed by atoms with van der Waals surface area (Å²) in [6.07, 6.45) is 0. The van der Waals surface area contributed by atoms with E-state index < -0.39 is 11.2 Å². The van der Waals surface area contributed by atoms with Gasteiger partial charge in [-0.2, -0.15) is 4.98 Å². The molecular weight excluding hydrogens is 378 g/mol. The average molecular weight is 400 g/mol. The fraction of sp³-hybridized carbons (Fsp3) is 0.300. The summed E-state index contributed by atoms with van der Waals surface area (Å²) in [4.78, 5) is 37.7. The lowest BCUT2D eigenvalue weighted by atomic mass is 10.1. The van der Waals surface area contributed by atoms with E-state index in [0.29, 0.717) is 17.9 Å². The molecule has 2 aliphatic rings. The fourth-order valence-electron chi connectivity index (χ4n) is 3.48. The second-order valence-corrected chi connectivity index (χ2v) is 6.53. The third-order valence-electron chi connectivity index (χ3n) is 4.99. The van der Waals surface area contributed by atoms with Gasteiger partial charge in [0.15, 0.2) is 5.82 Å².